The van der Waals surface area contributed by atoms with E-state index in [0.717, 1.165) is 44.1 Å². The Hall–Kier alpha value is -3.39. The van der Waals surface area contributed by atoms with Crippen LogP contribution in [-0.4, -0.2) is 142 Å². The molecule has 1 aliphatic rings. The van der Waals surface area contributed by atoms with Gasteiger partial charge >= 0.3 is 0 Å². The first-order valence-electron chi connectivity index (χ1n) is 21.5. The minimum atomic E-state index is -1.18. The molecule has 3 N–H and O–H groups in total. The van der Waals surface area contributed by atoms with Gasteiger partial charge < -0.3 is 40.0 Å². The van der Waals surface area contributed by atoms with Gasteiger partial charge in [-0.25, -0.2) is 0 Å². The molecule has 4 amide bonds. The van der Waals surface area contributed by atoms with E-state index in [1.165, 1.54) is 0 Å². The first kappa shape index (κ1) is 50.8. The molecule has 1 fully saturated rings. The Labute approximate surface area is 350 Å². The second-order valence-electron chi connectivity index (χ2n) is 17.4. The van der Waals surface area contributed by atoms with E-state index >= 15 is 0 Å². The smallest absolute Gasteiger partial charge is 0.245 e. The zero-order chi connectivity index (χ0) is 43.7. The molecule has 0 bridgehead atoms. The van der Waals surface area contributed by atoms with Crippen molar-refractivity contribution in [2.24, 2.45) is 23.7 Å². The molecular formula is C45H78N6O7. The number of carbonyl (C=O) groups is 5. The van der Waals surface area contributed by atoms with Crippen LogP contribution in [-0.2, 0) is 39.9 Å². The summed E-state index contributed by atoms with van der Waals surface area (Å²) in [5.41, 5.74) is -0.246. The van der Waals surface area contributed by atoms with Crippen LogP contribution >= 0.6 is 0 Å². The van der Waals surface area contributed by atoms with Crippen LogP contribution in [0.3, 0.4) is 0 Å². The van der Waals surface area contributed by atoms with Crippen LogP contribution < -0.4 is 16.0 Å². The highest BCUT2D eigenvalue weighted by Crippen LogP contribution is 2.30. The first-order chi connectivity index (χ1) is 27.4. The van der Waals surface area contributed by atoms with Crippen molar-refractivity contribution >= 4 is 29.9 Å². The van der Waals surface area contributed by atoms with Crippen molar-refractivity contribution < 1.29 is 33.4 Å². The quantitative estimate of drug-likeness (QED) is 0.0919. The van der Waals surface area contributed by atoms with Gasteiger partial charge in [-0.2, -0.15) is 0 Å². The summed E-state index contributed by atoms with van der Waals surface area (Å²) in [5.74, 6) is -1.77. The Morgan fingerprint density at radius 1 is 0.948 bits per heavy atom. The molecule has 0 aliphatic carbocycles. The van der Waals surface area contributed by atoms with E-state index in [2.05, 4.69) is 22.9 Å². The van der Waals surface area contributed by atoms with Crippen molar-refractivity contribution in [2.75, 3.05) is 55.0 Å². The number of hydrogen-bond donors (Lipinski definition) is 3. The number of nitrogens with one attached hydrogen (secondary N) is 3. The third kappa shape index (κ3) is 13.8. The van der Waals surface area contributed by atoms with Crippen molar-refractivity contribution in [1.29, 1.82) is 0 Å². The maximum Gasteiger partial charge on any atom is 0.245 e. The number of amides is 4. The summed E-state index contributed by atoms with van der Waals surface area (Å²) in [6.07, 6.45) is 3.97. The third-order valence-electron chi connectivity index (χ3n) is 12.1. The Bertz CT molecular complexity index is 1420. The number of aldehydes is 1. The number of nitrogens with zero attached hydrogens (tertiary/aromatic N) is 3. The van der Waals surface area contributed by atoms with E-state index in [0.29, 0.717) is 19.4 Å². The van der Waals surface area contributed by atoms with Gasteiger partial charge in [-0.15, -0.1) is 0 Å². The number of likely N-dealkylation sites (tertiary alicyclic amines) is 1. The average Bonchev–Trinajstić information content (AvgIpc) is 3.67. The van der Waals surface area contributed by atoms with Gasteiger partial charge in [-0.05, 0) is 63.2 Å². The van der Waals surface area contributed by atoms with Gasteiger partial charge in [0.25, 0.3) is 0 Å². The van der Waals surface area contributed by atoms with Gasteiger partial charge in [0, 0.05) is 40.8 Å². The minimum absolute atomic E-state index is 0.0140. The highest BCUT2D eigenvalue weighted by Gasteiger charge is 2.44. The van der Waals surface area contributed by atoms with Crippen LogP contribution in [0.4, 0.5) is 0 Å². The van der Waals surface area contributed by atoms with Crippen LogP contribution in [0.25, 0.3) is 0 Å². The molecule has 0 spiro atoms. The van der Waals surface area contributed by atoms with Crippen LogP contribution in [0, 0.1) is 23.7 Å². The molecule has 0 aromatic heterocycles. The van der Waals surface area contributed by atoms with E-state index in [1.807, 2.05) is 90.9 Å². The molecule has 2 unspecified atom stereocenters. The fourth-order valence-corrected chi connectivity index (χ4v) is 8.61. The number of likely N-dealkylation sites (N-methyl/N-ethyl adjacent to an activating group) is 2. The summed E-state index contributed by atoms with van der Waals surface area (Å²) in [7, 11) is 8.57. The van der Waals surface area contributed by atoms with Crippen LogP contribution in [0.15, 0.2) is 30.3 Å². The lowest BCUT2D eigenvalue weighted by Crippen LogP contribution is -2.61. The maximum atomic E-state index is 14.4. The Balaban J connectivity index is 2.33. The van der Waals surface area contributed by atoms with Crippen LogP contribution in [0.5, 0.6) is 0 Å². The van der Waals surface area contributed by atoms with E-state index in [-0.39, 0.29) is 60.4 Å². The number of unbranched alkanes of at least 4 members (excludes halogenated alkanes) is 1. The zero-order valence-electron chi connectivity index (χ0n) is 38.0. The Kier molecular flexibility index (Phi) is 21.6. The monoisotopic (exact) mass is 815 g/mol. The normalized spacial score (nSPS) is 19.2. The molecule has 0 saturated carbocycles. The first-order valence-corrected chi connectivity index (χ1v) is 21.5. The molecule has 1 aromatic rings. The van der Waals surface area contributed by atoms with Crippen molar-refractivity contribution in [1.82, 2.24) is 30.7 Å². The zero-order valence-corrected chi connectivity index (χ0v) is 38.0. The number of rotatable bonds is 26. The molecule has 1 aromatic carbocycles. The lowest BCUT2D eigenvalue weighted by Gasteiger charge is -2.41. The molecule has 330 valence electrons. The summed E-state index contributed by atoms with van der Waals surface area (Å²) in [4.78, 5) is 74.4. The van der Waals surface area contributed by atoms with Crippen molar-refractivity contribution in [3.05, 3.63) is 35.9 Å². The lowest BCUT2D eigenvalue weighted by molar-refractivity contribution is -0.148. The number of carbonyl (C=O) groups excluding carboxylic acids is 5. The largest absolute Gasteiger partial charge is 0.379 e. The van der Waals surface area contributed by atoms with Gasteiger partial charge in [0.05, 0.1) is 42.7 Å². The summed E-state index contributed by atoms with van der Waals surface area (Å²) in [6, 6.07) is 7.62. The fraction of sp³-hybridized carbons (Fsp3) is 0.756. The van der Waals surface area contributed by atoms with Crippen molar-refractivity contribution in [3.63, 3.8) is 0 Å². The molecule has 1 heterocycles. The van der Waals surface area contributed by atoms with E-state index in [1.54, 1.807) is 38.0 Å². The summed E-state index contributed by atoms with van der Waals surface area (Å²) >= 11 is 0. The summed E-state index contributed by atoms with van der Waals surface area (Å²) in [5, 5.41) is 9.51. The number of hydrogen-bond acceptors (Lipinski definition) is 9. The van der Waals surface area contributed by atoms with Gasteiger partial charge in [-0.3, -0.25) is 24.1 Å². The second-order valence-corrected chi connectivity index (χ2v) is 17.4. The van der Waals surface area contributed by atoms with Gasteiger partial charge in [0.1, 0.15) is 17.9 Å². The second kappa shape index (κ2) is 24.6. The van der Waals surface area contributed by atoms with E-state index < -0.39 is 41.8 Å². The maximum absolute atomic E-state index is 14.4. The van der Waals surface area contributed by atoms with Crippen molar-refractivity contribution in [2.45, 2.75) is 142 Å². The minimum Gasteiger partial charge on any atom is -0.379 e. The number of benzene rings is 1. The van der Waals surface area contributed by atoms with Crippen LogP contribution in [0.2, 0.25) is 0 Å². The topological polar surface area (TPSA) is 150 Å². The van der Waals surface area contributed by atoms with Gasteiger partial charge in [-0.1, -0.05) is 98.6 Å². The molecule has 9 atom stereocenters. The Morgan fingerprint density at radius 3 is 2.12 bits per heavy atom. The predicted molar refractivity (Wildman–Crippen MR) is 230 cm³/mol. The molecule has 13 nitrogen and oxygen atoms in total. The molecular weight excluding hydrogens is 737 g/mol. The molecule has 2 rings (SSSR count). The fourth-order valence-electron chi connectivity index (χ4n) is 8.61. The Morgan fingerprint density at radius 2 is 1.60 bits per heavy atom. The van der Waals surface area contributed by atoms with E-state index in [4.69, 9.17) is 9.47 Å². The van der Waals surface area contributed by atoms with Gasteiger partial charge in [0.15, 0.2) is 0 Å². The van der Waals surface area contributed by atoms with Crippen molar-refractivity contribution in [3.8, 4) is 0 Å². The number of methoxy groups -OCH3 is 2. The van der Waals surface area contributed by atoms with Gasteiger partial charge in [0.2, 0.25) is 23.6 Å². The van der Waals surface area contributed by atoms with E-state index in [9.17, 15) is 24.0 Å². The summed E-state index contributed by atoms with van der Waals surface area (Å²) < 4.78 is 12.1. The average molecular weight is 815 g/mol. The SMILES string of the molecule is CCCCNC[C@@](C=O)(Cc1ccccc1)NC(=O)[C@H](C)[C@@H](OC)[C@@H]1CCCN1C(=O)CC(OC)C([C@@H](C)CC)N(C)C(=O)[C@@H](NC(=O)[C@H](C(C)C)N(C)C)C(C)C. The molecule has 0 radical (unpaired) electrons. The summed E-state index contributed by atoms with van der Waals surface area (Å²) in [6.45, 7) is 17.3. The standard InChI is InChI=1S/C45H78N6O7/c1-14-16-24-46-28-45(29-52,27-34-21-18-17-19-22-34)48-42(54)33(8)41(58-13)35-23-20-25-51(35)37(53)26-36(57-12)40(32(7)15-2)50(11)44(56)38(30(3)4)47-43(55)39(31(5)6)49(9)10/h17-19,21-22,29-33,35-36,38-41,46H,14-16,20,23-28H2,1-13H3,(H,47,55)(H,48,54)/t32-,33+,35-,36?,38-,39-,40?,41+,45+/m0/s1. The molecule has 1 saturated heterocycles. The lowest BCUT2D eigenvalue weighted by atomic mass is 9.88. The number of ether oxygens (including phenoxy) is 2. The third-order valence-corrected chi connectivity index (χ3v) is 12.1. The predicted octanol–water partition coefficient (Wildman–Crippen LogP) is 4.32. The van der Waals surface area contributed by atoms with Crippen LogP contribution in [0.1, 0.15) is 99.5 Å². The highest BCUT2D eigenvalue weighted by molar-refractivity contribution is 5.90. The molecule has 1 aliphatic heterocycles. The molecule has 13 heteroatoms. The molecule has 58 heavy (non-hydrogen) atoms. The highest BCUT2D eigenvalue weighted by atomic mass is 16.5.